The summed E-state index contributed by atoms with van der Waals surface area (Å²) in [6, 6.07) is 7.14. The first-order valence-electron chi connectivity index (χ1n) is 6.87. The van der Waals surface area contributed by atoms with Crippen LogP contribution in [-0.4, -0.2) is 27.8 Å². The summed E-state index contributed by atoms with van der Waals surface area (Å²) in [5.41, 5.74) is 0.737. The van der Waals surface area contributed by atoms with Crippen molar-refractivity contribution in [2.45, 2.75) is 25.4 Å². The molecular formula is C15H16N3O3S-. The molecule has 2 aromatic rings. The van der Waals surface area contributed by atoms with Crippen LogP contribution in [-0.2, 0) is 11.2 Å². The standard InChI is InChI=1S/C15H17N3O3S/c1-3-13-16-15(18-17-13)22-12(14(19)20)9-10-5-7-11(8-6-10)21-4-2/h5-9H,3-4H2,1-2H3,(H,19,20)(H,16,17,18)/p-1/b12-9-. The average Bonchev–Trinajstić information content (AvgIpc) is 2.96. The lowest BCUT2D eigenvalue weighted by Crippen LogP contribution is -2.23. The van der Waals surface area contributed by atoms with Gasteiger partial charge >= 0.3 is 0 Å². The Kier molecular flexibility index (Phi) is 5.60. The number of benzene rings is 1. The molecule has 116 valence electrons. The number of aromatic amines is 1. The smallest absolute Gasteiger partial charge is 0.213 e. The molecule has 1 N–H and O–H groups in total. The number of aliphatic carboxylic acids is 1. The van der Waals surface area contributed by atoms with Gasteiger partial charge in [-0.2, -0.15) is 0 Å². The summed E-state index contributed by atoms with van der Waals surface area (Å²) in [5, 5.41) is 18.3. The van der Waals surface area contributed by atoms with Crippen molar-refractivity contribution in [1.82, 2.24) is 15.2 Å². The Morgan fingerprint density at radius 1 is 1.36 bits per heavy atom. The van der Waals surface area contributed by atoms with Gasteiger partial charge in [0, 0.05) is 11.3 Å². The third-order valence-corrected chi connectivity index (χ3v) is 3.61. The average molecular weight is 318 g/mol. The van der Waals surface area contributed by atoms with Crippen molar-refractivity contribution in [3.05, 3.63) is 40.6 Å². The van der Waals surface area contributed by atoms with E-state index in [1.807, 2.05) is 13.8 Å². The van der Waals surface area contributed by atoms with Gasteiger partial charge in [-0.05, 0) is 42.5 Å². The van der Waals surface area contributed by atoms with Crippen LogP contribution in [0.2, 0.25) is 0 Å². The van der Waals surface area contributed by atoms with Crippen LogP contribution in [0.4, 0.5) is 0 Å². The molecule has 0 aliphatic carbocycles. The number of carboxylic acids is 1. The molecule has 6 nitrogen and oxygen atoms in total. The monoisotopic (exact) mass is 318 g/mol. The van der Waals surface area contributed by atoms with Gasteiger partial charge in [0.2, 0.25) is 5.16 Å². The summed E-state index contributed by atoms with van der Waals surface area (Å²) in [4.78, 5) is 15.5. The Labute approximate surface area is 132 Å². The van der Waals surface area contributed by atoms with Gasteiger partial charge < -0.3 is 14.6 Å². The first-order chi connectivity index (χ1) is 10.6. The SMILES string of the molecule is CCOc1ccc(/C=C(\Sc2n[nH]c(CC)n2)C(=O)[O-])cc1. The number of rotatable bonds is 7. The number of hydrogen-bond donors (Lipinski definition) is 1. The predicted molar refractivity (Wildman–Crippen MR) is 82.2 cm³/mol. The van der Waals surface area contributed by atoms with Gasteiger partial charge in [-0.25, -0.2) is 4.98 Å². The molecule has 0 radical (unpaired) electrons. The predicted octanol–water partition coefficient (Wildman–Crippen LogP) is 1.65. The zero-order valence-corrected chi connectivity index (χ0v) is 13.1. The number of nitrogens with one attached hydrogen (secondary N) is 1. The van der Waals surface area contributed by atoms with Crippen molar-refractivity contribution in [2.24, 2.45) is 0 Å². The Morgan fingerprint density at radius 2 is 2.09 bits per heavy atom. The summed E-state index contributed by atoms with van der Waals surface area (Å²) in [5.74, 6) is 0.187. The van der Waals surface area contributed by atoms with E-state index >= 15 is 0 Å². The van der Waals surface area contributed by atoms with E-state index in [1.165, 1.54) is 6.08 Å². The third-order valence-electron chi connectivity index (χ3n) is 2.74. The van der Waals surface area contributed by atoms with Gasteiger partial charge in [-0.1, -0.05) is 19.1 Å². The summed E-state index contributed by atoms with van der Waals surface area (Å²) >= 11 is 0.957. The zero-order chi connectivity index (χ0) is 15.9. The Hall–Kier alpha value is -2.28. The van der Waals surface area contributed by atoms with Crippen LogP contribution in [0.3, 0.4) is 0 Å². The summed E-state index contributed by atoms with van der Waals surface area (Å²) in [7, 11) is 0. The quantitative estimate of drug-likeness (QED) is 0.616. The number of hydrogen-bond acceptors (Lipinski definition) is 6. The minimum atomic E-state index is -1.26. The van der Waals surface area contributed by atoms with E-state index in [4.69, 9.17) is 4.74 Å². The normalized spacial score (nSPS) is 11.5. The molecule has 0 amide bonds. The molecule has 1 aromatic carbocycles. The molecule has 0 saturated heterocycles. The first-order valence-corrected chi connectivity index (χ1v) is 7.69. The second-order valence-corrected chi connectivity index (χ2v) is 5.33. The van der Waals surface area contributed by atoms with Crippen LogP contribution in [0.15, 0.2) is 34.3 Å². The highest BCUT2D eigenvalue weighted by molar-refractivity contribution is 8.04. The van der Waals surface area contributed by atoms with Crippen molar-refractivity contribution in [1.29, 1.82) is 0 Å². The maximum atomic E-state index is 11.3. The molecule has 0 atom stereocenters. The highest BCUT2D eigenvalue weighted by Gasteiger charge is 2.08. The second kappa shape index (κ2) is 7.65. The molecule has 0 aliphatic rings. The van der Waals surface area contributed by atoms with Crippen LogP contribution >= 0.6 is 11.8 Å². The number of carboxylic acid groups (broad SMARTS) is 1. The number of carbonyl (C=O) groups excluding carboxylic acids is 1. The maximum absolute atomic E-state index is 11.3. The molecule has 1 heterocycles. The highest BCUT2D eigenvalue weighted by Crippen LogP contribution is 2.25. The number of ether oxygens (including phenoxy) is 1. The van der Waals surface area contributed by atoms with Crippen LogP contribution in [0.25, 0.3) is 6.08 Å². The Bertz CT molecular complexity index is 665. The summed E-state index contributed by atoms with van der Waals surface area (Å²) < 4.78 is 5.35. The highest BCUT2D eigenvalue weighted by atomic mass is 32.2. The van der Waals surface area contributed by atoms with E-state index in [1.54, 1.807) is 24.3 Å². The minimum absolute atomic E-state index is 0.0470. The number of carbonyl (C=O) groups is 1. The second-order valence-electron chi connectivity index (χ2n) is 4.32. The molecule has 0 saturated carbocycles. The van der Waals surface area contributed by atoms with Crippen LogP contribution < -0.4 is 9.84 Å². The fraction of sp³-hybridized carbons (Fsp3) is 0.267. The molecule has 0 unspecified atom stereocenters. The van der Waals surface area contributed by atoms with E-state index in [2.05, 4.69) is 15.2 Å². The third kappa shape index (κ3) is 4.36. The van der Waals surface area contributed by atoms with E-state index in [0.29, 0.717) is 24.0 Å². The summed E-state index contributed by atoms with van der Waals surface area (Å²) in [6.45, 7) is 4.42. The minimum Gasteiger partial charge on any atom is -0.544 e. The van der Waals surface area contributed by atoms with E-state index < -0.39 is 5.97 Å². The molecule has 7 heteroatoms. The topological polar surface area (TPSA) is 90.9 Å². The van der Waals surface area contributed by atoms with Gasteiger partial charge in [0.05, 0.1) is 12.6 Å². The fourth-order valence-electron chi connectivity index (χ4n) is 1.69. The van der Waals surface area contributed by atoms with Gasteiger partial charge in [-0.3, -0.25) is 5.10 Å². The largest absolute Gasteiger partial charge is 0.544 e. The first kappa shape index (κ1) is 16.1. The molecular weight excluding hydrogens is 302 g/mol. The molecule has 0 bridgehead atoms. The van der Waals surface area contributed by atoms with Crippen molar-refractivity contribution >= 4 is 23.8 Å². The number of aryl methyl sites for hydroxylation is 1. The van der Waals surface area contributed by atoms with E-state index in [9.17, 15) is 9.90 Å². The van der Waals surface area contributed by atoms with Gasteiger partial charge in [0.15, 0.2) is 0 Å². The molecule has 0 fully saturated rings. The van der Waals surface area contributed by atoms with E-state index in [0.717, 1.165) is 23.1 Å². The lowest BCUT2D eigenvalue weighted by molar-refractivity contribution is -0.297. The van der Waals surface area contributed by atoms with Crippen LogP contribution in [0, 0.1) is 0 Å². The lowest BCUT2D eigenvalue weighted by Gasteiger charge is -2.06. The van der Waals surface area contributed by atoms with Gasteiger partial charge in [0.25, 0.3) is 0 Å². The van der Waals surface area contributed by atoms with Gasteiger partial charge in [0.1, 0.15) is 11.6 Å². The Balaban J connectivity index is 2.17. The van der Waals surface area contributed by atoms with Crippen molar-refractivity contribution in [3.8, 4) is 5.75 Å². The van der Waals surface area contributed by atoms with Crippen molar-refractivity contribution < 1.29 is 14.6 Å². The van der Waals surface area contributed by atoms with Crippen molar-refractivity contribution in [2.75, 3.05) is 6.61 Å². The number of H-pyrrole nitrogens is 1. The Morgan fingerprint density at radius 3 is 2.64 bits per heavy atom. The number of aromatic nitrogens is 3. The molecule has 22 heavy (non-hydrogen) atoms. The zero-order valence-electron chi connectivity index (χ0n) is 12.3. The molecule has 0 aliphatic heterocycles. The number of thioether (sulfide) groups is 1. The van der Waals surface area contributed by atoms with E-state index in [-0.39, 0.29) is 4.91 Å². The van der Waals surface area contributed by atoms with Crippen LogP contribution in [0.1, 0.15) is 25.2 Å². The number of nitrogens with zero attached hydrogens (tertiary/aromatic N) is 2. The van der Waals surface area contributed by atoms with Gasteiger partial charge in [-0.15, -0.1) is 5.10 Å². The fourth-order valence-corrected chi connectivity index (χ4v) is 2.41. The molecule has 1 aromatic heterocycles. The maximum Gasteiger partial charge on any atom is 0.213 e. The van der Waals surface area contributed by atoms with Crippen LogP contribution in [0.5, 0.6) is 5.75 Å². The lowest BCUT2D eigenvalue weighted by atomic mass is 10.2. The molecule has 0 spiro atoms. The van der Waals surface area contributed by atoms with Crippen molar-refractivity contribution in [3.63, 3.8) is 0 Å². The summed E-state index contributed by atoms with van der Waals surface area (Å²) in [6.07, 6.45) is 2.23. The molecule has 2 rings (SSSR count).